The maximum Gasteiger partial charge on any atom is 0.204 e. The fraction of sp³-hybridized carbons (Fsp3) is 0.323. The molecule has 0 bridgehead atoms. The lowest BCUT2D eigenvalue weighted by molar-refractivity contribution is 0.104. The predicted octanol–water partition coefficient (Wildman–Crippen LogP) is 7.15. The van der Waals surface area contributed by atoms with Crippen LogP contribution in [-0.2, 0) is 0 Å². The van der Waals surface area contributed by atoms with Gasteiger partial charge in [-0.3, -0.25) is 9.69 Å². The van der Waals surface area contributed by atoms with Gasteiger partial charge in [0.2, 0.25) is 5.78 Å². The predicted molar refractivity (Wildman–Crippen MR) is 149 cm³/mol. The zero-order chi connectivity index (χ0) is 25.4. The maximum absolute atomic E-state index is 13.9. The summed E-state index contributed by atoms with van der Waals surface area (Å²) in [6.45, 7) is 12.3. The van der Waals surface area contributed by atoms with E-state index in [0.717, 1.165) is 74.8 Å². The molecule has 1 aliphatic rings. The van der Waals surface area contributed by atoms with Crippen molar-refractivity contribution in [3.8, 4) is 22.6 Å². The zero-order valence-corrected chi connectivity index (χ0v) is 22.2. The fourth-order valence-corrected chi connectivity index (χ4v) is 6.63. The third-order valence-electron chi connectivity index (χ3n) is 7.11. The standard InChI is InChI=1S/C31H33NO3S/c1-19-11-12-32(18-19)13-14-35-25-8-5-23(6-9-25)29-26-10-7-24(33)17-27(26)36-31(29)30(34)28-21(3)15-20(2)16-22(28)4/h5-10,15-17,19,33H,11-14,18H2,1-4H3/t19-/m1/s1. The lowest BCUT2D eigenvalue weighted by Crippen LogP contribution is -2.25. The van der Waals surface area contributed by atoms with Crippen molar-refractivity contribution < 1.29 is 14.6 Å². The third kappa shape index (κ3) is 4.91. The Morgan fingerprint density at radius 3 is 2.44 bits per heavy atom. The van der Waals surface area contributed by atoms with E-state index in [9.17, 15) is 9.90 Å². The number of phenols is 1. The number of nitrogens with zero attached hydrogens (tertiary/aromatic N) is 1. The van der Waals surface area contributed by atoms with E-state index in [0.29, 0.717) is 11.5 Å². The molecule has 1 saturated heterocycles. The Balaban J connectivity index is 1.46. The van der Waals surface area contributed by atoms with Crippen LogP contribution in [0.1, 0.15) is 45.3 Å². The molecule has 4 nitrogen and oxygen atoms in total. The number of ketones is 1. The quantitative estimate of drug-likeness (QED) is 0.274. The molecule has 1 aliphatic heterocycles. The smallest absolute Gasteiger partial charge is 0.204 e. The van der Waals surface area contributed by atoms with E-state index >= 15 is 0 Å². The molecule has 1 aromatic heterocycles. The first-order chi connectivity index (χ1) is 17.3. The highest BCUT2D eigenvalue weighted by Crippen LogP contribution is 2.42. The molecule has 36 heavy (non-hydrogen) atoms. The van der Waals surface area contributed by atoms with Gasteiger partial charge >= 0.3 is 0 Å². The van der Waals surface area contributed by atoms with E-state index in [2.05, 4.69) is 30.9 Å². The van der Waals surface area contributed by atoms with Crippen molar-refractivity contribution in [3.63, 3.8) is 0 Å². The lowest BCUT2D eigenvalue weighted by Gasteiger charge is -2.16. The van der Waals surface area contributed by atoms with E-state index < -0.39 is 0 Å². The molecule has 0 radical (unpaired) electrons. The minimum Gasteiger partial charge on any atom is -0.508 e. The molecule has 2 heterocycles. The molecule has 0 aliphatic carbocycles. The number of hydrogen-bond acceptors (Lipinski definition) is 5. The van der Waals surface area contributed by atoms with Crippen LogP contribution >= 0.6 is 11.3 Å². The molecule has 1 N–H and O–H groups in total. The van der Waals surface area contributed by atoms with Gasteiger partial charge in [0.05, 0.1) is 4.88 Å². The minimum absolute atomic E-state index is 0.0286. The second-order valence-electron chi connectivity index (χ2n) is 10.2. The average molecular weight is 500 g/mol. The van der Waals surface area contributed by atoms with Crippen LogP contribution in [0.4, 0.5) is 0 Å². The number of hydrogen-bond donors (Lipinski definition) is 1. The van der Waals surface area contributed by atoms with Gasteiger partial charge < -0.3 is 9.84 Å². The Hall–Kier alpha value is -3.15. The highest BCUT2D eigenvalue weighted by atomic mass is 32.1. The van der Waals surface area contributed by atoms with Crippen LogP contribution < -0.4 is 4.74 Å². The molecule has 0 unspecified atom stereocenters. The van der Waals surface area contributed by atoms with Crippen molar-refractivity contribution in [2.75, 3.05) is 26.2 Å². The molecular weight excluding hydrogens is 466 g/mol. The van der Waals surface area contributed by atoms with Crippen molar-refractivity contribution in [2.45, 2.75) is 34.1 Å². The number of benzene rings is 3. The molecule has 5 heteroatoms. The first-order valence-electron chi connectivity index (χ1n) is 12.6. The van der Waals surface area contributed by atoms with Gasteiger partial charge in [-0.1, -0.05) is 36.8 Å². The molecule has 5 rings (SSSR count). The van der Waals surface area contributed by atoms with Crippen molar-refractivity contribution in [2.24, 2.45) is 5.92 Å². The maximum atomic E-state index is 13.9. The first-order valence-corrected chi connectivity index (χ1v) is 13.5. The van der Waals surface area contributed by atoms with E-state index in [1.165, 1.54) is 17.8 Å². The summed E-state index contributed by atoms with van der Waals surface area (Å²) >= 11 is 1.44. The molecule has 0 saturated carbocycles. The van der Waals surface area contributed by atoms with Gasteiger partial charge in [0.15, 0.2) is 0 Å². The van der Waals surface area contributed by atoms with E-state index in [-0.39, 0.29) is 11.5 Å². The average Bonchev–Trinajstić information content (AvgIpc) is 3.41. The van der Waals surface area contributed by atoms with Gasteiger partial charge in [-0.05, 0) is 86.7 Å². The second kappa shape index (κ2) is 10.1. The zero-order valence-electron chi connectivity index (χ0n) is 21.4. The summed E-state index contributed by atoms with van der Waals surface area (Å²) in [5, 5.41) is 11.1. The molecule has 186 valence electrons. The Morgan fingerprint density at radius 1 is 1.06 bits per heavy atom. The summed E-state index contributed by atoms with van der Waals surface area (Å²) in [4.78, 5) is 17.1. The summed E-state index contributed by atoms with van der Waals surface area (Å²) < 4.78 is 6.93. The Labute approximate surface area is 217 Å². The Morgan fingerprint density at radius 2 is 1.78 bits per heavy atom. The van der Waals surface area contributed by atoms with Crippen LogP contribution in [0.15, 0.2) is 54.6 Å². The number of aryl methyl sites for hydroxylation is 3. The third-order valence-corrected chi connectivity index (χ3v) is 8.26. The van der Waals surface area contributed by atoms with Crippen LogP contribution in [0.5, 0.6) is 11.5 Å². The Kier molecular flexibility index (Phi) is 6.87. The number of rotatable bonds is 7. The topological polar surface area (TPSA) is 49.8 Å². The molecule has 0 spiro atoms. The number of ether oxygens (including phenoxy) is 1. The second-order valence-corrected chi connectivity index (χ2v) is 11.2. The monoisotopic (exact) mass is 499 g/mol. The van der Waals surface area contributed by atoms with E-state index in [1.807, 2.05) is 44.2 Å². The number of likely N-dealkylation sites (tertiary alicyclic amines) is 1. The first kappa shape index (κ1) is 24.5. The van der Waals surface area contributed by atoms with E-state index in [1.54, 1.807) is 12.1 Å². The number of phenolic OH excluding ortho intramolecular Hbond substituents is 1. The van der Waals surface area contributed by atoms with Crippen molar-refractivity contribution in [1.29, 1.82) is 0 Å². The molecule has 1 atom stereocenters. The number of carbonyl (C=O) groups excluding carboxylic acids is 1. The van der Waals surface area contributed by atoms with Gasteiger partial charge in [0.1, 0.15) is 18.1 Å². The summed E-state index contributed by atoms with van der Waals surface area (Å²) in [5.41, 5.74) is 5.77. The van der Waals surface area contributed by atoms with Crippen molar-refractivity contribution in [1.82, 2.24) is 4.90 Å². The number of carbonyl (C=O) groups is 1. The van der Waals surface area contributed by atoms with Gasteiger partial charge in [-0.2, -0.15) is 0 Å². The summed E-state index contributed by atoms with van der Waals surface area (Å²) in [6, 6.07) is 17.5. The summed E-state index contributed by atoms with van der Waals surface area (Å²) in [7, 11) is 0. The van der Waals surface area contributed by atoms with Crippen molar-refractivity contribution >= 4 is 27.2 Å². The van der Waals surface area contributed by atoms with Crippen LogP contribution in [0.25, 0.3) is 21.2 Å². The molecule has 1 fully saturated rings. The van der Waals surface area contributed by atoms with Crippen LogP contribution in [0.3, 0.4) is 0 Å². The molecule has 3 aromatic carbocycles. The lowest BCUT2D eigenvalue weighted by atomic mass is 9.92. The molecular formula is C31H33NO3S. The van der Waals surface area contributed by atoms with Gasteiger partial charge in [0.25, 0.3) is 0 Å². The molecule has 4 aromatic rings. The number of thiophene rings is 1. The highest BCUT2D eigenvalue weighted by Gasteiger charge is 2.24. The van der Waals surface area contributed by atoms with Crippen LogP contribution in [0, 0.1) is 26.7 Å². The SMILES string of the molecule is Cc1cc(C)c(C(=O)c2sc3cc(O)ccc3c2-c2ccc(OCCN3CC[C@@H](C)C3)cc2)c(C)c1. The normalized spacial score (nSPS) is 16.1. The van der Waals surface area contributed by atoms with Crippen LogP contribution in [0.2, 0.25) is 0 Å². The van der Waals surface area contributed by atoms with Crippen molar-refractivity contribution in [3.05, 3.63) is 81.7 Å². The fourth-order valence-electron chi connectivity index (χ4n) is 5.42. The highest BCUT2D eigenvalue weighted by molar-refractivity contribution is 7.21. The summed E-state index contributed by atoms with van der Waals surface area (Å²) in [5.74, 6) is 1.84. The Bertz CT molecular complexity index is 1400. The molecule has 0 amide bonds. The number of aromatic hydroxyl groups is 1. The van der Waals surface area contributed by atoms with Gasteiger partial charge in [0, 0.05) is 34.3 Å². The number of fused-ring (bicyclic) bond motifs is 1. The van der Waals surface area contributed by atoms with Gasteiger partial charge in [-0.25, -0.2) is 0 Å². The van der Waals surface area contributed by atoms with E-state index in [4.69, 9.17) is 4.74 Å². The minimum atomic E-state index is 0.0286. The van der Waals surface area contributed by atoms with Gasteiger partial charge in [-0.15, -0.1) is 11.3 Å². The summed E-state index contributed by atoms with van der Waals surface area (Å²) in [6.07, 6.45) is 1.27. The largest absolute Gasteiger partial charge is 0.508 e. The van der Waals surface area contributed by atoms with Crippen LogP contribution in [-0.4, -0.2) is 42.0 Å².